The van der Waals surface area contributed by atoms with Crippen LogP contribution in [0.4, 0.5) is 0 Å². The molecule has 2 aliphatic heterocycles. The molecule has 2 aliphatic rings. The van der Waals surface area contributed by atoms with E-state index in [1.54, 1.807) is 13.8 Å². The summed E-state index contributed by atoms with van der Waals surface area (Å²) < 4.78 is 23.1. The van der Waals surface area contributed by atoms with Crippen LogP contribution >= 0.6 is 0 Å². The van der Waals surface area contributed by atoms with Crippen molar-refractivity contribution in [1.82, 2.24) is 0 Å². The van der Waals surface area contributed by atoms with Crippen LogP contribution in [0.5, 0.6) is 0 Å². The Balaban J connectivity index is 1.74. The number of carbonyl (C=O) groups is 1. The molecule has 0 aromatic carbocycles. The van der Waals surface area contributed by atoms with Gasteiger partial charge in [0.15, 0.2) is 5.79 Å². The zero-order chi connectivity index (χ0) is 20.8. The van der Waals surface area contributed by atoms with Crippen molar-refractivity contribution in [2.24, 2.45) is 0 Å². The lowest BCUT2D eigenvalue weighted by atomic mass is 10.0. The minimum Gasteiger partial charge on any atom is -0.454 e. The van der Waals surface area contributed by atoms with Gasteiger partial charge in [0.25, 0.3) is 0 Å². The van der Waals surface area contributed by atoms with E-state index in [9.17, 15) is 9.90 Å². The zero-order valence-corrected chi connectivity index (χ0v) is 18.2. The number of rotatable bonds is 11. The Morgan fingerprint density at radius 2 is 1.54 bits per heavy atom. The van der Waals surface area contributed by atoms with Gasteiger partial charge in [-0.15, -0.1) is 0 Å². The first-order valence-electron chi connectivity index (χ1n) is 10.8. The lowest BCUT2D eigenvalue weighted by Crippen LogP contribution is -2.39. The van der Waals surface area contributed by atoms with Crippen LogP contribution in [-0.4, -0.2) is 41.0 Å². The van der Waals surface area contributed by atoms with E-state index < -0.39 is 17.5 Å². The molecule has 0 radical (unpaired) electrons. The highest BCUT2D eigenvalue weighted by atomic mass is 16.8. The van der Waals surface area contributed by atoms with Gasteiger partial charge in [-0.05, 0) is 33.6 Å². The van der Waals surface area contributed by atoms with E-state index in [2.05, 4.69) is 0 Å². The van der Waals surface area contributed by atoms with Gasteiger partial charge >= 0.3 is 5.97 Å². The third-order valence-corrected chi connectivity index (χ3v) is 5.04. The van der Waals surface area contributed by atoms with Gasteiger partial charge in [-0.3, -0.25) is 0 Å². The minimum absolute atomic E-state index is 0.131. The normalized spacial score (nSPS) is 27.1. The molecule has 0 aromatic heterocycles. The summed E-state index contributed by atoms with van der Waals surface area (Å²) in [6, 6.07) is 0. The van der Waals surface area contributed by atoms with Gasteiger partial charge in [0.2, 0.25) is 5.79 Å². The number of hydrogen-bond donors (Lipinski definition) is 1. The molecule has 2 heterocycles. The minimum atomic E-state index is -0.990. The van der Waals surface area contributed by atoms with E-state index in [1.165, 1.54) is 31.8 Å². The molecule has 162 valence electrons. The molecule has 0 aliphatic carbocycles. The molecule has 28 heavy (non-hydrogen) atoms. The standard InChI is InChI=1S/C22H38O6/c1-16(23)13-11-9-7-6-8-10-12-14-17-20(28-22(4,5)25-17)18-15-19(24)27-21(2,3)26-18/h15-17,20,23H,6-14H2,1-5H3/t16-,17+,20-/m1/s1. The van der Waals surface area contributed by atoms with Gasteiger partial charge in [-0.2, -0.15) is 0 Å². The number of cyclic esters (lactones) is 1. The molecular formula is C22H38O6. The molecule has 0 bridgehead atoms. The van der Waals surface area contributed by atoms with Crippen LogP contribution < -0.4 is 0 Å². The average Bonchev–Trinajstić information content (AvgIpc) is 2.86. The van der Waals surface area contributed by atoms with Crippen molar-refractivity contribution in [3.05, 3.63) is 11.8 Å². The van der Waals surface area contributed by atoms with Crippen LogP contribution in [-0.2, 0) is 23.7 Å². The second-order valence-corrected chi connectivity index (χ2v) is 8.97. The number of aliphatic hydroxyl groups excluding tert-OH is 1. The summed E-state index contributed by atoms with van der Waals surface area (Å²) >= 11 is 0. The van der Waals surface area contributed by atoms with Crippen molar-refractivity contribution in [1.29, 1.82) is 0 Å². The summed E-state index contributed by atoms with van der Waals surface area (Å²) in [5.41, 5.74) is 0. The highest BCUT2D eigenvalue weighted by molar-refractivity contribution is 5.83. The Morgan fingerprint density at radius 1 is 0.929 bits per heavy atom. The van der Waals surface area contributed by atoms with Crippen molar-refractivity contribution in [2.75, 3.05) is 0 Å². The molecule has 1 fully saturated rings. The van der Waals surface area contributed by atoms with E-state index in [4.69, 9.17) is 18.9 Å². The lowest BCUT2D eigenvalue weighted by molar-refractivity contribution is -0.214. The summed E-state index contributed by atoms with van der Waals surface area (Å²) in [5, 5.41) is 9.26. The van der Waals surface area contributed by atoms with Gasteiger partial charge in [0.1, 0.15) is 11.9 Å². The SMILES string of the molecule is C[C@@H](O)CCCCCCCCC[C@@H]1OC(C)(C)O[C@H]1C1=CC(=O)OC(C)(C)O1. The van der Waals surface area contributed by atoms with Crippen LogP contribution in [0.15, 0.2) is 11.8 Å². The first kappa shape index (κ1) is 23.2. The highest BCUT2D eigenvalue weighted by Crippen LogP contribution is 2.37. The Labute approximate surface area is 169 Å². The molecule has 0 aromatic rings. The number of hydrogen-bond acceptors (Lipinski definition) is 6. The third-order valence-electron chi connectivity index (χ3n) is 5.04. The molecule has 1 N–H and O–H groups in total. The van der Waals surface area contributed by atoms with Crippen molar-refractivity contribution in [3.8, 4) is 0 Å². The second-order valence-electron chi connectivity index (χ2n) is 8.97. The van der Waals surface area contributed by atoms with E-state index >= 15 is 0 Å². The molecular weight excluding hydrogens is 360 g/mol. The molecule has 6 heteroatoms. The quantitative estimate of drug-likeness (QED) is 0.405. The van der Waals surface area contributed by atoms with Crippen molar-refractivity contribution < 1.29 is 28.8 Å². The van der Waals surface area contributed by atoms with E-state index in [0.717, 1.165) is 32.1 Å². The Bertz CT molecular complexity index is 537. The number of esters is 1. The van der Waals surface area contributed by atoms with Crippen LogP contribution in [0.2, 0.25) is 0 Å². The summed E-state index contributed by atoms with van der Waals surface area (Å²) in [6.45, 7) is 9.06. The number of aliphatic hydroxyl groups is 1. The summed E-state index contributed by atoms with van der Waals surface area (Å²) in [7, 11) is 0. The first-order valence-corrected chi connectivity index (χ1v) is 10.8. The number of ether oxygens (including phenoxy) is 4. The fraction of sp³-hybridized carbons (Fsp3) is 0.864. The van der Waals surface area contributed by atoms with Crippen LogP contribution in [0.3, 0.4) is 0 Å². The Kier molecular flexibility index (Phi) is 8.34. The first-order chi connectivity index (χ1) is 13.1. The summed E-state index contributed by atoms with van der Waals surface area (Å²) in [6.07, 6.45) is 10.6. The molecule has 1 saturated heterocycles. The predicted molar refractivity (Wildman–Crippen MR) is 106 cm³/mol. The topological polar surface area (TPSA) is 74.2 Å². The molecule has 3 atom stereocenters. The van der Waals surface area contributed by atoms with Gasteiger partial charge in [0.05, 0.1) is 18.3 Å². The van der Waals surface area contributed by atoms with Crippen molar-refractivity contribution in [3.63, 3.8) is 0 Å². The average molecular weight is 399 g/mol. The Morgan fingerprint density at radius 3 is 2.14 bits per heavy atom. The van der Waals surface area contributed by atoms with Crippen molar-refractivity contribution in [2.45, 2.75) is 122 Å². The zero-order valence-electron chi connectivity index (χ0n) is 18.2. The molecule has 2 rings (SSSR count). The van der Waals surface area contributed by atoms with E-state index in [1.807, 2.05) is 20.8 Å². The smallest absolute Gasteiger partial charge is 0.337 e. The maximum Gasteiger partial charge on any atom is 0.337 e. The van der Waals surface area contributed by atoms with Crippen LogP contribution in [0.1, 0.15) is 92.4 Å². The molecule has 0 spiro atoms. The number of unbranched alkanes of at least 4 members (excludes halogenated alkanes) is 6. The molecule has 6 nitrogen and oxygen atoms in total. The fourth-order valence-corrected chi connectivity index (χ4v) is 3.82. The maximum atomic E-state index is 11.9. The van der Waals surface area contributed by atoms with Gasteiger partial charge in [-0.1, -0.05) is 44.9 Å². The van der Waals surface area contributed by atoms with Crippen LogP contribution in [0, 0.1) is 0 Å². The lowest BCUT2D eigenvalue weighted by Gasteiger charge is -2.33. The van der Waals surface area contributed by atoms with Gasteiger partial charge in [0, 0.05) is 13.8 Å². The molecule has 0 amide bonds. The molecule has 0 saturated carbocycles. The summed E-state index contributed by atoms with van der Waals surface area (Å²) in [4.78, 5) is 11.9. The number of carbonyl (C=O) groups excluding carboxylic acids is 1. The van der Waals surface area contributed by atoms with Gasteiger partial charge in [-0.25, -0.2) is 4.79 Å². The second kappa shape index (κ2) is 10.1. The maximum absolute atomic E-state index is 11.9. The van der Waals surface area contributed by atoms with E-state index in [-0.39, 0.29) is 18.3 Å². The largest absolute Gasteiger partial charge is 0.454 e. The molecule has 0 unspecified atom stereocenters. The monoisotopic (exact) mass is 398 g/mol. The van der Waals surface area contributed by atoms with E-state index in [0.29, 0.717) is 5.76 Å². The van der Waals surface area contributed by atoms with Gasteiger partial charge < -0.3 is 24.1 Å². The predicted octanol–water partition coefficient (Wildman–Crippen LogP) is 4.59. The van der Waals surface area contributed by atoms with Crippen molar-refractivity contribution >= 4 is 5.97 Å². The highest BCUT2D eigenvalue weighted by Gasteiger charge is 2.46. The third kappa shape index (κ3) is 7.72. The Hall–Kier alpha value is -1.11. The van der Waals surface area contributed by atoms with Crippen LogP contribution in [0.25, 0.3) is 0 Å². The summed E-state index contributed by atoms with van der Waals surface area (Å²) in [5.74, 6) is -1.60. The fourth-order valence-electron chi connectivity index (χ4n) is 3.82.